The van der Waals surface area contributed by atoms with Crippen LogP contribution < -0.4 is 15.4 Å². The summed E-state index contributed by atoms with van der Waals surface area (Å²) in [5, 5.41) is 5.62. The Morgan fingerprint density at radius 1 is 1.24 bits per heavy atom. The molecule has 8 heteroatoms. The highest BCUT2D eigenvalue weighted by Crippen LogP contribution is 2.16. The maximum atomic E-state index is 12.5. The molecule has 0 aliphatic carbocycles. The summed E-state index contributed by atoms with van der Waals surface area (Å²) < 4.78 is 10.4. The summed E-state index contributed by atoms with van der Waals surface area (Å²) >= 11 is 0. The molecule has 4 amide bonds. The number of hydrogen-bond acceptors (Lipinski definition) is 5. The molecule has 1 aromatic rings. The van der Waals surface area contributed by atoms with Gasteiger partial charge in [0, 0.05) is 32.7 Å². The molecule has 1 atom stereocenters. The molecule has 2 heterocycles. The van der Waals surface area contributed by atoms with Gasteiger partial charge >= 0.3 is 6.03 Å². The van der Waals surface area contributed by atoms with E-state index in [1.54, 1.807) is 7.11 Å². The van der Waals surface area contributed by atoms with Crippen molar-refractivity contribution < 1.29 is 23.9 Å². The summed E-state index contributed by atoms with van der Waals surface area (Å²) in [6, 6.07) is 6.50. The second kappa shape index (κ2) is 10.2. The zero-order valence-corrected chi connectivity index (χ0v) is 16.8. The number of amides is 4. The SMILES string of the molecule is COc1ccc(CCN2C(=O)NC(CCC(=O)NCC3CCOCC3)C2=O)cc1. The molecule has 29 heavy (non-hydrogen) atoms. The van der Waals surface area contributed by atoms with Gasteiger partial charge in [-0.1, -0.05) is 12.1 Å². The van der Waals surface area contributed by atoms with Crippen molar-refractivity contribution in [1.29, 1.82) is 0 Å². The molecule has 2 aliphatic rings. The highest BCUT2D eigenvalue weighted by atomic mass is 16.5. The van der Waals surface area contributed by atoms with Crippen LogP contribution in [0.3, 0.4) is 0 Å². The van der Waals surface area contributed by atoms with Crippen LogP contribution in [0.5, 0.6) is 5.75 Å². The Morgan fingerprint density at radius 2 is 1.97 bits per heavy atom. The van der Waals surface area contributed by atoms with E-state index in [1.807, 2.05) is 24.3 Å². The van der Waals surface area contributed by atoms with Crippen LogP contribution in [-0.4, -0.2) is 62.2 Å². The van der Waals surface area contributed by atoms with Crippen molar-refractivity contribution in [3.05, 3.63) is 29.8 Å². The summed E-state index contributed by atoms with van der Waals surface area (Å²) in [5.41, 5.74) is 1.02. The first-order valence-electron chi connectivity index (χ1n) is 10.2. The Morgan fingerprint density at radius 3 is 2.66 bits per heavy atom. The lowest BCUT2D eigenvalue weighted by Crippen LogP contribution is -2.35. The number of nitrogens with zero attached hydrogens (tertiary/aromatic N) is 1. The van der Waals surface area contributed by atoms with E-state index in [-0.39, 0.29) is 18.2 Å². The maximum absolute atomic E-state index is 12.5. The van der Waals surface area contributed by atoms with E-state index in [9.17, 15) is 14.4 Å². The fourth-order valence-corrected chi connectivity index (χ4v) is 3.59. The first kappa shape index (κ1) is 21.1. The summed E-state index contributed by atoms with van der Waals surface area (Å²) in [5.74, 6) is 0.865. The van der Waals surface area contributed by atoms with Crippen molar-refractivity contribution >= 4 is 17.8 Å². The molecule has 158 valence electrons. The van der Waals surface area contributed by atoms with Gasteiger partial charge in [-0.3, -0.25) is 14.5 Å². The summed E-state index contributed by atoms with van der Waals surface area (Å²) in [6.07, 6.45) is 3.01. The lowest BCUT2D eigenvalue weighted by molar-refractivity contribution is -0.127. The molecule has 2 N–H and O–H groups in total. The second-order valence-corrected chi connectivity index (χ2v) is 7.49. The Kier molecular flexibility index (Phi) is 7.46. The zero-order valence-electron chi connectivity index (χ0n) is 16.8. The molecule has 0 bridgehead atoms. The average molecular weight is 403 g/mol. The lowest BCUT2D eigenvalue weighted by Gasteiger charge is -2.22. The molecule has 2 saturated heterocycles. The maximum Gasteiger partial charge on any atom is 0.324 e. The standard InChI is InChI=1S/C21H29N3O5/c1-28-17-4-2-15(3-5-17)8-11-24-20(26)18(23-21(24)27)6-7-19(25)22-14-16-9-12-29-13-10-16/h2-5,16,18H,6-14H2,1H3,(H,22,25)(H,23,27). The number of nitrogens with one attached hydrogen (secondary N) is 2. The quantitative estimate of drug-likeness (QED) is 0.609. The third-order valence-corrected chi connectivity index (χ3v) is 5.48. The van der Waals surface area contributed by atoms with Gasteiger partial charge in [0.1, 0.15) is 11.8 Å². The normalized spacial score (nSPS) is 19.9. The number of benzene rings is 1. The molecular weight excluding hydrogens is 374 g/mol. The van der Waals surface area contributed by atoms with Gasteiger partial charge in [0.2, 0.25) is 5.91 Å². The van der Waals surface area contributed by atoms with E-state index in [0.29, 0.717) is 31.8 Å². The molecule has 8 nitrogen and oxygen atoms in total. The Labute approximate surface area is 170 Å². The van der Waals surface area contributed by atoms with Gasteiger partial charge < -0.3 is 20.1 Å². The summed E-state index contributed by atoms with van der Waals surface area (Å²) in [7, 11) is 1.60. The molecule has 0 radical (unpaired) electrons. The zero-order chi connectivity index (χ0) is 20.6. The first-order chi connectivity index (χ1) is 14.1. The monoisotopic (exact) mass is 403 g/mol. The van der Waals surface area contributed by atoms with Crippen molar-refractivity contribution in [2.45, 2.75) is 38.1 Å². The highest BCUT2D eigenvalue weighted by Gasteiger charge is 2.37. The number of rotatable bonds is 9. The Balaban J connectivity index is 1.40. The smallest absolute Gasteiger partial charge is 0.324 e. The van der Waals surface area contributed by atoms with Gasteiger partial charge in [-0.05, 0) is 49.3 Å². The molecule has 0 spiro atoms. The minimum atomic E-state index is -0.632. The van der Waals surface area contributed by atoms with Crippen LogP contribution in [0.4, 0.5) is 4.79 Å². The van der Waals surface area contributed by atoms with Crippen molar-refractivity contribution in [1.82, 2.24) is 15.5 Å². The first-order valence-corrected chi connectivity index (χ1v) is 10.2. The van der Waals surface area contributed by atoms with Crippen LogP contribution >= 0.6 is 0 Å². The van der Waals surface area contributed by atoms with E-state index in [1.165, 1.54) is 4.90 Å². The van der Waals surface area contributed by atoms with E-state index in [4.69, 9.17) is 9.47 Å². The third kappa shape index (κ3) is 5.93. The molecular formula is C21H29N3O5. The fraction of sp³-hybridized carbons (Fsp3) is 0.571. The highest BCUT2D eigenvalue weighted by molar-refractivity contribution is 6.04. The van der Waals surface area contributed by atoms with Crippen LogP contribution in [0.15, 0.2) is 24.3 Å². The van der Waals surface area contributed by atoms with Crippen molar-refractivity contribution in [2.75, 3.05) is 33.4 Å². The molecule has 2 aliphatic heterocycles. The minimum Gasteiger partial charge on any atom is -0.497 e. The topological polar surface area (TPSA) is 97.0 Å². The largest absolute Gasteiger partial charge is 0.497 e. The minimum absolute atomic E-state index is 0.0878. The average Bonchev–Trinajstić information content (AvgIpc) is 3.03. The van der Waals surface area contributed by atoms with Crippen LogP contribution in [0.1, 0.15) is 31.2 Å². The predicted molar refractivity (Wildman–Crippen MR) is 107 cm³/mol. The summed E-state index contributed by atoms with van der Waals surface area (Å²) in [4.78, 5) is 38.0. The second-order valence-electron chi connectivity index (χ2n) is 7.49. The van der Waals surface area contributed by atoms with E-state index in [2.05, 4.69) is 10.6 Å². The van der Waals surface area contributed by atoms with Crippen molar-refractivity contribution in [3.8, 4) is 5.75 Å². The number of carbonyl (C=O) groups excluding carboxylic acids is 3. The number of ether oxygens (including phenoxy) is 2. The molecule has 2 fully saturated rings. The molecule has 3 rings (SSSR count). The van der Waals surface area contributed by atoms with Gasteiger partial charge in [0.15, 0.2) is 0 Å². The van der Waals surface area contributed by atoms with Crippen molar-refractivity contribution in [3.63, 3.8) is 0 Å². The summed E-state index contributed by atoms with van der Waals surface area (Å²) in [6.45, 7) is 2.44. The predicted octanol–water partition coefficient (Wildman–Crippen LogP) is 1.48. The Bertz CT molecular complexity index is 716. The number of hydrogen-bond donors (Lipinski definition) is 2. The molecule has 1 unspecified atom stereocenters. The van der Waals surface area contributed by atoms with Crippen LogP contribution in [0, 0.1) is 5.92 Å². The van der Waals surface area contributed by atoms with Crippen LogP contribution in [0.2, 0.25) is 0 Å². The third-order valence-electron chi connectivity index (χ3n) is 5.48. The molecule has 1 aromatic carbocycles. The van der Waals surface area contributed by atoms with Crippen LogP contribution in [-0.2, 0) is 20.7 Å². The number of imide groups is 1. The van der Waals surface area contributed by atoms with Gasteiger partial charge in [-0.25, -0.2) is 4.79 Å². The fourth-order valence-electron chi connectivity index (χ4n) is 3.59. The van der Waals surface area contributed by atoms with E-state index < -0.39 is 12.1 Å². The lowest BCUT2D eigenvalue weighted by atomic mass is 10.0. The van der Waals surface area contributed by atoms with E-state index >= 15 is 0 Å². The Hall–Kier alpha value is -2.61. The van der Waals surface area contributed by atoms with Gasteiger partial charge in [0.05, 0.1) is 7.11 Å². The van der Waals surface area contributed by atoms with Gasteiger partial charge in [-0.2, -0.15) is 0 Å². The van der Waals surface area contributed by atoms with Crippen molar-refractivity contribution in [2.24, 2.45) is 5.92 Å². The van der Waals surface area contributed by atoms with E-state index in [0.717, 1.165) is 37.4 Å². The van der Waals surface area contributed by atoms with Crippen LogP contribution in [0.25, 0.3) is 0 Å². The molecule has 0 saturated carbocycles. The number of urea groups is 1. The number of carbonyl (C=O) groups is 3. The number of methoxy groups -OCH3 is 1. The molecule has 0 aromatic heterocycles. The van der Waals surface area contributed by atoms with Gasteiger partial charge in [0.25, 0.3) is 5.91 Å². The van der Waals surface area contributed by atoms with Gasteiger partial charge in [-0.15, -0.1) is 0 Å².